The number of nitrogens with one attached hydrogen (secondary N) is 2. The molecule has 2 amide bonds. The number of aromatic nitrogens is 1. The van der Waals surface area contributed by atoms with Crippen LogP contribution in [0.3, 0.4) is 0 Å². The summed E-state index contributed by atoms with van der Waals surface area (Å²) in [6.45, 7) is 0. The van der Waals surface area contributed by atoms with Crippen LogP contribution in [-0.2, 0) is 11.2 Å². The fourth-order valence-corrected chi connectivity index (χ4v) is 4.78. The molecule has 1 heterocycles. The van der Waals surface area contributed by atoms with Crippen LogP contribution in [0, 0.1) is 0 Å². The molecule has 1 aliphatic rings. The molecule has 0 bridgehead atoms. The Morgan fingerprint density at radius 1 is 1.03 bits per heavy atom. The van der Waals surface area contributed by atoms with E-state index in [1.807, 2.05) is 0 Å². The molecule has 0 saturated carbocycles. The van der Waals surface area contributed by atoms with Gasteiger partial charge in [0.1, 0.15) is 11.5 Å². The molecule has 7 nitrogen and oxygen atoms in total. The van der Waals surface area contributed by atoms with E-state index in [9.17, 15) is 9.59 Å². The van der Waals surface area contributed by atoms with Crippen molar-refractivity contribution in [2.24, 2.45) is 0 Å². The van der Waals surface area contributed by atoms with Crippen LogP contribution in [0.4, 0.5) is 10.8 Å². The summed E-state index contributed by atoms with van der Waals surface area (Å²) in [6.07, 6.45) is 1.37. The van der Waals surface area contributed by atoms with Crippen LogP contribution in [-0.4, -0.2) is 31.0 Å². The van der Waals surface area contributed by atoms with Crippen molar-refractivity contribution in [3.05, 3.63) is 62.6 Å². The second kappa shape index (κ2) is 9.36. The Hall–Kier alpha value is -2.81. The summed E-state index contributed by atoms with van der Waals surface area (Å²) >= 11 is 13.3. The van der Waals surface area contributed by atoms with Crippen LogP contribution in [0.5, 0.6) is 11.5 Å². The van der Waals surface area contributed by atoms with Gasteiger partial charge in [-0.1, -0.05) is 23.2 Å². The minimum Gasteiger partial charge on any atom is -0.497 e. The fraction of sp³-hybridized carbons (Fsp3) is 0.227. The van der Waals surface area contributed by atoms with Gasteiger partial charge in [-0.2, -0.15) is 0 Å². The number of methoxy groups -OCH3 is 2. The number of rotatable bonds is 6. The molecule has 0 saturated heterocycles. The second-order valence-corrected chi connectivity index (χ2v) is 8.99. The van der Waals surface area contributed by atoms with Crippen LogP contribution in [0.25, 0.3) is 0 Å². The molecule has 1 aromatic heterocycles. The molecule has 4 rings (SSSR count). The van der Waals surface area contributed by atoms with Crippen molar-refractivity contribution < 1.29 is 19.1 Å². The van der Waals surface area contributed by atoms with E-state index in [0.29, 0.717) is 50.0 Å². The molecular weight excluding hydrogens is 473 g/mol. The van der Waals surface area contributed by atoms with Crippen LogP contribution < -0.4 is 20.1 Å². The number of halogens is 2. The summed E-state index contributed by atoms with van der Waals surface area (Å²) in [5.41, 5.74) is 1.63. The maximum atomic E-state index is 12.8. The standard InChI is InChI=1S/C22H19Cl2N3O4S/c1-30-13-7-11(8-14(10-13)31-2)20(28)27-22-26-19-15(4-6-18(19)32-22)21(29)25-12-3-5-16(23)17(24)9-12/h3,5,7-10,15H,4,6H2,1-2H3,(H,25,29)(H,26,27,28). The predicted molar refractivity (Wildman–Crippen MR) is 126 cm³/mol. The normalized spacial score (nSPS) is 14.6. The Bertz CT molecular complexity index is 1180. The number of ether oxygens (including phenoxy) is 2. The van der Waals surface area contributed by atoms with E-state index in [1.165, 1.54) is 25.6 Å². The van der Waals surface area contributed by atoms with Gasteiger partial charge in [-0.15, -0.1) is 11.3 Å². The van der Waals surface area contributed by atoms with Gasteiger partial charge in [0.15, 0.2) is 5.13 Å². The summed E-state index contributed by atoms with van der Waals surface area (Å²) in [5, 5.41) is 6.89. The minimum absolute atomic E-state index is 0.178. The summed E-state index contributed by atoms with van der Waals surface area (Å²) < 4.78 is 10.4. The van der Waals surface area contributed by atoms with Crippen LogP contribution in [0.2, 0.25) is 10.0 Å². The van der Waals surface area contributed by atoms with Gasteiger partial charge in [-0.05, 0) is 43.2 Å². The Morgan fingerprint density at radius 3 is 2.41 bits per heavy atom. The number of anilines is 2. The largest absolute Gasteiger partial charge is 0.497 e. The third-order valence-electron chi connectivity index (χ3n) is 5.06. The lowest BCUT2D eigenvalue weighted by atomic mass is 10.1. The maximum Gasteiger partial charge on any atom is 0.257 e. The number of hydrogen-bond acceptors (Lipinski definition) is 6. The molecule has 166 valence electrons. The van der Waals surface area contributed by atoms with Crippen molar-refractivity contribution in [2.45, 2.75) is 18.8 Å². The smallest absolute Gasteiger partial charge is 0.257 e. The first-order valence-corrected chi connectivity index (χ1v) is 11.2. The second-order valence-electron chi connectivity index (χ2n) is 7.09. The number of nitrogens with zero attached hydrogens (tertiary/aromatic N) is 1. The zero-order valence-electron chi connectivity index (χ0n) is 17.2. The molecule has 0 spiro atoms. The van der Waals surface area contributed by atoms with Gasteiger partial charge in [0.2, 0.25) is 5.91 Å². The third kappa shape index (κ3) is 4.67. The van der Waals surface area contributed by atoms with Crippen molar-refractivity contribution in [2.75, 3.05) is 24.9 Å². The number of carbonyl (C=O) groups excluding carboxylic acids is 2. The number of carbonyl (C=O) groups is 2. The Kier molecular flexibility index (Phi) is 6.55. The van der Waals surface area contributed by atoms with Crippen molar-refractivity contribution in [1.29, 1.82) is 0 Å². The van der Waals surface area contributed by atoms with Crippen LogP contribution >= 0.6 is 34.5 Å². The van der Waals surface area contributed by atoms with Crippen molar-refractivity contribution in [1.82, 2.24) is 4.98 Å². The Labute approximate surface area is 198 Å². The molecular formula is C22H19Cl2N3O4S. The SMILES string of the molecule is COc1cc(OC)cc(C(=O)Nc2nc3c(s2)CCC3C(=O)Nc2ccc(Cl)c(Cl)c2)c1. The van der Waals surface area contributed by atoms with Gasteiger partial charge in [-0.25, -0.2) is 4.98 Å². The number of amides is 2. The number of benzene rings is 2. The lowest BCUT2D eigenvalue weighted by Gasteiger charge is -2.11. The molecule has 1 unspecified atom stereocenters. The van der Waals surface area contributed by atoms with Crippen molar-refractivity contribution in [3.8, 4) is 11.5 Å². The molecule has 3 aromatic rings. The summed E-state index contributed by atoms with van der Waals surface area (Å²) in [4.78, 5) is 31.1. The van der Waals surface area contributed by atoms with Gasteiger partial charge in [0, 0.05) is 22.2 Å². The number of fused-ring (bicyclic) bond motifs is 1. The average molecular weight is 492 g/mol. The molecule has 32 heavy (non-hydrogen) atoms. The van der Waals surface area contributed by atoms with Crippen molar-refractivity contribution >= 4 is 57.2 Å². The molecule has 1 atom stereocenters. The highest BCUT2D eigenvalue weighted by Gasteiger charge is 2.33. The van der Waals surface area contributed by atoms with E-state index in [0.717, 1.165) is 11.3 Å². The molecule has 2 N–H and O–H groups in total. The zero-order chi connectivity index (χ0) is 22.8. The Morgan fingerprint density at radius 2 is 1.75 bits per heavy atom. The van der Waals surface area contributed by atoms with Crippen LogP contribution in [0.15, 0.2) is 36.4 Å². The average Bonchev–Trinajstić information content (AvgIpc) is 3.36. The first-order chi connectivity index (χ1) is 15.4. The lowest BCUT2D eigenvalue weighted by molar-refractivity contribution is -0.117. The highest BCUT2D eigenvalue weighted by Crippen LogP contribution is 2.39. The number of hydrogen-bond donors (Lipinski definition) is 2. The minimum atomic E-state index is -0.404. The molecule has 0 aliphatic heterocycles. The highest BCUT2D eigenvalue weighted by molar-refractivity contribution is 7.16. The van der Waals surface area contributed by atoms with E-state index < -0.39 is 5.92 Å². The lowest BCUT2D eigenvalue weighted by Crippen LogP contribution is -2.20. The molecule has 0 fully saturated rings. The van der Waals surface area contributed by atoms with E-state index >= 15 is 0 Å². The molecule has 0 radical (unpaired) electrons. The Balaban J connectivity index is 1.48. The van der Waals surface area contributed by atoms with E-state index in [1.54, 1.807) is 36.4 Å². The van der Waals surface area contributed by atoms with E-state index in [2.05, 4.69) is 15.6 Å². The summed E-state index contributed by atoms with van der Waals surface area (Å²) in [6, 6.07) is 9.85. The van der Waals surface area contributed by atoms with Gasteiger partial charge < -0.3 is 14.8 Å². The first-order valence-electron chi connectivity index (χ1n) is 9.68. The van der Waals surface area contributed by atoms with E-state index in [-0.39, 0.29) is 11.8 Å². The maximum absolute atomic E-state index is 12.8. The van der Waals surface area contributed by atoms with Gasteiger partial charge in [-0.3, -0.25) is 14.9 Å². The van der Waals surface area contributed by atoms with E-state index in [4.69, 9.17) is 32.7 Å². The molecule has 1 aliphatic carbocycles. The van der Waals surface area contributed by atoms with Gasteiger partial charge in [0.25, 0.3) is 5.91 Å². The number of thiazole rings is 1. The highest BCUT2D eigenvalue weighted by atomic mass is 35.5. The molecule has 2 aromatic carbocycles. The third-order valence-corrected chi connectivity index (χ3v) is 6.84. The molecule has 10 heteroatoms. The summed E-state index contributed by atoms with van der Waals surface area (Å²) in [7, 11) is 3.04. The van der Waals surface area contributed by atoms with Crippen molar-refractivity contribution in [3.63, 3.8) is 0 Å². The van der Waals surface area contributed by atoms with Gasteiger partial charge in [0.05, 0.1) is 35.9 Å². The first kappa shape index (κ1) is 22.4. The topological polar surface area (TPSA) is 89.6 Å². The quantitative estimate of drug-likeness (QED) is 0.482. The predicted octanol–water partition coefficient (Wildman–Crippen LogP) is 5.39. The van der Waals surface area contributed by atoms with Crippen LogP contribution in [0.1, 0.15) is 33.3 Å². The summed E-state index contributed by atoms with van der Waals surface area (Å²) in [5.74, 6) is 0.0953. The fourth-order valence-electron chi connectivity index (χ4n) is 3.45. The monoisotopic (exact) mass is 491 g/mol. The zero-order valence-corrected chi connectivity index (χ0v) is 19.5. The van der Waals surface area contributed by atoms with Gasteiger partial charge >= 0.3 is 0 Å². The number of aryl methyl sites for hydroxylation is 1.